The van der Waals surface area contributed by atoms with Gasteiger partial charge in [-0.1, -0.05) is 18.2 Å². The number of hydrogen-bond donors (Lipinski definition) is 1. The van der Waals surface area contributed by atoms with E-state index in [0.29, 0.717) is 28.7 Å². The lowest BCUT2D eigenvalue weighted by Crippen LogP contribution is -2.18. The van der Waals surface area contributed by atoms with Crippen LogP contribution in [0.25, 0.3) is 10.4 Å². The fourth-order valence-electron chi connectivity index (χ4n) is 3.00. The van der Waals surface area contributed by atoms with Gasteiger partial charge in [0.25, 0.3) is 5.91 Å². The Kier molecular flexibility index (Phi) is 4.81. The second-order valence-corrected chi connectivity index (χ2v) is 7.31. The van der Waals surface area contributed by atoms with Gasteiger partial charge in [-0.3, -0.25) is 4.79 Å². The molecule has 3 heterocycles. The van der Waals surface area contributed by atoms with Gasteiger partial charge in [-0.05, 0) is 24.6 Å². The average Bonchev–Trinajstić information content (AvgIpc) is 3.38. The first-order valence-electron chi connectivity index (χ1n) is 8.46. The number of nitrogens with one attached hydrogen (secondary N) is 1. The van der Waals surface area contributed by atoms with Gasteiger partial charge in [0.15, 0.2) is 0 Å². The number of carbonyl (C=O) groups is 1. The Balaban J connectivity index is 1.48. The van der Waals surface area contributed by atoms with E-state index in [-0.39, 0.29) is 11.7 Å². The van der Waals surface area contributed by atoms with Gasteiger partial charge < -0.3 is 10.1 Å². The molecule has 0 aliphatic carbocycles. The van der Waals surface area contributed by atoms with E-state index in [1.54, 1.807) is 47.3 Å². The number of amides is 1. The minimum atomic E-state index is -0.293. The van der Waals surface area contributed by atoms with Crippen molar-refractivity contribution in [3.63, 3.8) is 0 Å². The lowest BCUT2D eigenvalue weighted by Gasteiger charge is -2.11. The van der Waals surface area contributed by atoms with E-state index >= 15 is 0 Å². The molecule has 7 heteroatoms. The maximum Gasteiger partial charge on any atom is 0.266 e. The molecular formula is C19H18FN3O2S. The number of halogens is 1. The second-order valence-electron chi connectivity index (χ2n) is 6.23. The summed E-state index contributed by atoms with van der Waals surface area (Å²) in [6.45, 7) is 2.22. The van der Waals surface area contributed by atoms with Crippen molar-refractivity contribution in [1.29, 1.82) is 0 Å². The number of thiophene rings is 1. The highest BCUT2D eigenvalue weighted by molar-refractivity contribution is 7.17. The molecule has 1 aliphatic heterocycles. The SMILES string of the molecule is O=C(Nc1ccnn1C[C@@H]1CCOC1)c1ccc(-c2ccccc2F)s1. The van der Waals surface area contributed by atoms with Crippen molar-refractivity contribution in [3.8, 4) is 10.4 Å². The van der Waals surface area contributed by atoms with Crippen LogP contribution in [0.4, 0.5) is 10.2 Å². The van der Waals surface area contributed by atoms with Crippen LogP contribution >= 0.6 is 11.3 Å². The summed E-state index contributed by atoms with van der Waals surface area (Å²) >= 11 is 1.27. The summed E-state index contributed by atoms with van der Waals surface area (Å²) in [6.07, 6.45) is 2.68. The first kappa shape index (κ1) is 16.9. The lowest BCUT2D eigenvalue weighted by atomic mass is 10.1. The Morgan fingerprint density at radius 2 is 2.19 bits per heavy atom. The zero-order valence-electron chi connectivity index (χ0n) is 14.0. The molecule has 1 aromatic carbocycles. The Morgan fingerprint density at radius 3 is 3.00 bits per heavy atom. The maximum absolute atomic E-state index is 13.9. The molecule has 0 saturated carbocycles. The monoisotopic (exact) mass is 371 g/mol. The molecule has 1 N–H and O–H groups in total. The molecule has 4 rings (SSSR count). The lowest BCUT2D eigenvalue weighted by molar-refractivity contribution is 0.102. The molecule has 1 saturated heterocycles. The van der Waals surface area contributed by atoms with Crippen LogP contribution in [0.1, 0.15) is 16.1 Å². The van der Waals surface area contributed by atoms with Crippen molar-refractivity contribution in [2.24, 2.45) is 5.92 Å². The van der Waals surface area contributed by atoms with Crippen LogP contribution in [-0.2, 0) is 11.3 Å². The topological polar surface area (TPSA) is 56.2 Å². The van der Waals surface area contributed by atoms with Gasteiger partial charge in [-0.25, -0.2) is 9.07 Å². The maximum atomic E-state index is 13.9. The molecule has 0 spiro atoms. The van der Waals surface area contributed by atoms with E-state index in [2.05, 4.69) is 10.4 Å². The summed E-state index contributed by atoms with van der Waals surface area (Å²) < 4.78 is 21.1. The average molecular weight is 371 g/mol. The number of rotatable bonds is 5. The predicted octanol–water partition coefficient (Wildman–Crippen LogP) is 4.04. The Bertz CT molecular complexity index is 915. The summed E-state index contributed by atoms with van der Waals surface area (Å²) in [7, 11) is 0. The number of hydrogen-bond acceptors (Lipinski definition) is 4. The molecule has 26 heavy (non-hydrogen) atoms. The summed E-state index contributed by atoms with van der Waals surface area (Å²) in [4.78, 5) is 13.8. The third-order valence-electron chi connectivity index (χ3n) is 4.38. The highest BCUT2D eigenvalue weighted by Crippen LogP contribution is 2.30. The molecule has 1 atom stereocenters. The Labute approximate surface area is 154 Å². The van der Waals surface area contributed by atoms with Gasteiger partial charge in [0.05, 0.1) is 17.7 Å². The quantitative estimate of drug-likeness (QED) is 0.736. The highest BCUT2D eigenvalue weighted by atomic mass is 32.1. The van der Waals surface area contributed by atoms with Crippen molar-refractivity contribution in [2.45, 2.75) is 13.0 Å². The molecular weight excluding hydrogens is 353 g/mol. The van der Waals surface area contributed by atoms with Crippen LogP contribution in [0.15, 0.2) is 48.7 Å². The van der Waals surface area contributed by atoms with Crippen molar-refractivity contribution in [3.05, 3.63) is 59.4 Å². The van der Waals surface area contributed by atoms with Gasteiger partial charge >= 0.3 is 0 Å². The standard InChI is InChI=1S/C19H18FN3O2S/c20-15-4-2-1-3-14(15)16-5-6-17(26-16)19(24)22-18-7-9-21-23(18)11-13-8-10-25-12-13/h1-7,9,13H,8,10-12H2,(H,22,24)/t13-/m0/s1. The normalized spacial score (nSPS) is 16.7. The summed E-state index contributed by atoms with van der Waals surface area (Å²) in [5.41, 5.74) is 0.503. The van der Waals surface area contributed by atoms with Crippen molar-refractivity contribution in [2.75, 3.05) is 18.5 Å². The second kappa shape index (κ2) is 7.39. The number of nitrogens with zero attached hydrogens (tertiary/aromatic N) is 2. The van der Waals surface area contributed by atoms with Crippen LogP contribution in [-0.4, -0.2) is 28.9 Å². The van der Waals surface area contributed by atoms with E-state index < -0.39 is 0 Å². The third-order valence-corrected chi connectivity index (χ3v) is 5.50. The van der Waals surface area contributed by atoms with Crippen LogP contribution < -0.4 is 5.32 Å². The van der Waals surface area contributed by atoms with Crippen molar-refractivity contribution < 1.29 is 13.9 Å². The first-order chi connectivity index (χ1) is 12.7. The molecule has 1 amide bonds. The fourth-order valence-corrected chi connectivity index (χ4v) is 3.93. The van der Waals surface area contributed by atoms with E-state index in [1.807, 2.05) is 0 Å². The zero-order chi connectivity index (χ0) is 17.9. The Hall–Kier alpha value is -2.51. The minimum Gasteiger partial charge on any atom is -0.381 e. The van der Waals surface area contributed by atoms with Crippen LogP contribution in [0.5, 0.6) is 0 Å². The van der Waals surface area contributed by atoms with Gasteiger partial charge in [0.1, 0.15) is 11.6 Å². The summed E-state index contributed by atoms with van der Waals surface area (Å²) in [5, 5.41) is 7.19. The summed E-state index contributed by atoms with van der Waals surface area (Å²) in [5.74, 6) is 0.558. The fraction of sp³-hybridized carbons (Fsp3) is 0.263. The number of carbonyl (C=O) groups excluding carboxylic acids is 1. The largest absolute Gasteiger partial charge is 0.381 e. The smallest absolute Gasteiger partial charge is 0.266 e. The van der Waals surface area contributed by atoms with Gasteiger partial charge in [-0.15, -0.1) is 11.3 Å². The highest BCUT2D eigenvalue weighted by Gasteiger charge is 2.19. The Morgan fingerprint density at radius 1 is 1.31 bits per heavy atom. The molecule has 2 aromatic heterocycles. The zero-order valence-corrected chi connectivity index (χ0v) is 14.8. The van der Waals surface area contributed by atoms with Crippen molar-refractivity contribution in [1.82, 2.24) is 9.78 Å². The molecule has 5 nitrogen and oxygen atoms in total. The number of ether oxygens (including phenoxy) is 1. The first-order valence-corrected chi connectivity index (χ1v) is 9.28. The third kappa shape index (κ3) is 3.54. The van der Waals surface area contributed by atoms with Crippen LogP contribution in [0.3, 0.4) is 0 Å². The van der Waals surface area contributed by atoms with Gasteiger partial charge in [0.2, 0.25) is 0 Å². The molecule has 0 radical (unpaired) electrons. The summed E-state index contributed by atoms with van der Waals surface area (Å²) in [6, 6.07) is 11.8. The molecule has 134 valence electrons. The van der Waals surface area contributed by atoms with Gasteiger partial charge in [-0.2, -0.15) is 5.10 Å². The van der Waals surface area contributed by atoms with E-state index in [4.69, 9.17) is 4.74 Å². The predicted molar refractivity (Wildman–Crippen MR) is 98.8 cm³/mol. The molecule has 1 fully saturated rings. The van der Waals surface area contributed by atoms with Crippen LogP contribution in [0.2, 0.25) is 0 Å². The van der Waals surface area contributed by atoms with Gasteiger partial charge in [0, 0.05) is 35.6 Å². The van der Waals surface area contributed by atoms with E-state index in [1.165, 1.54) is 17.4 Å². The molecule has 0 unspecified atom stereocenters. The molecule has 3 aromatic rings. The van der Waals surface area contributed by atoms with E-state index in [0.717, 1.165) is 24.5 Å². The minimum absolute atomic E-state index is 0.220. The van der Waals surface area contributed by atoms with Crippen molar-refractivity contribution >= 4 is 23.1 Å². The molecule has 1 aliphatic rings. The number of anilines is 1. The van der Waals surface area contributed by atoms with Crippen LogP contribution in [0, 0.1) is 11.7 Å². The molecule has 0 bridgehead atoms. The number of benzene rings is 1. The van der Waals surface area contributed by atoms with E-state index in [9.17, 15) is 9.18 Å². The number of aromatic nitrogens is 2.